The third-order valence-corrected chi connectivity index (χ3v) is 5.64. The Kier molecular flexibility index (Phi) is 4.24. The second-order valence-corrected chi connectivity index (χ2v) is 7.58. The highest BCUT2D eigenvalue weighted by Gasteiger charge is 2.21. The Morgan fingerprint density at radius 2 is 1.96 bits per heavy atom. The molecule has 3 aromatic rings. The van der Waals surface area contributed by atoms with Crippen LogP contribution < -0.4 is 16.0 Å². The summed E-state index contributed by atoms with van der Waals surface area (Å²) in [6.07, 6.45) is 2.98. The summed E-state index contributed by atoms with van der Waals surface area (Å²) in [4.78, 5) is 25.3. The molecule has 0 atom stereocenters. The maximum absolute atomic E-state index is 12.1. The Labute approximate surface area is 163 Å². The van der Waals surface area contributed by atoms with Gasteiger partial charge in [0, 0.05) is 36.0 Å². The summed E-state index contributed by atoms with van der Waals surface area (Å²) in [6, 6.07) is 8.37. The van der Waals surface area contributed by atoms with E-state index in [0.29, 0.717) is 12.6 Å². The molecule has 0 spiro atoms. The van der Waals surface area contributed by atoms with Crippen molar-refractivity contribution in [3.8, 4) is 11.3 Å². The minimum atomic E-state index is -0.0146. The molecule has 7 nitrogen and oxygen atoms in total. The van der Waals surface area contributed by atoms with Crippen molar-refractivity contribution in [3.05, 3.63) is 41.2 Å². The molecule has 2 aromatic heterocycles. The van der Waals surface area contributed by atoms with Crippen LogP contribution in [0.1, 0.15) is 34.6 Å². The molecule has 0 aliphatic carbocycles. The zero-order chi connectivity index (χ0) is 19.1. The van der Waals surface area contributed by atoms with Crippen LogP contribution in [0.4, 0.5) is 5.82 Å². The van der Waals surface area contributed by atoms with Crippen molar-refractivity contribution in [2.75, 3.05) is 25.0 Å². The highest BCUT2D eigenvalue weighted by molar-refractivity contribution is 5.99. The van der Waals surface area contributed by atoms with E-state index in [9.17, 15) is 4.79 Å². The Morgan fingerprint density at radius 1 is 1.11 bits per heavy atom. The number of H-pyrrole nitrogens is 1. The van der Waals surface area contributed by atoms with Crippen molar-refractivity contribution in [3.63, 3.8) is 0 Å². The van der Waals surface area contributed by atoms with E-state index < -0.39 is 0 Å². The Bertz CT molecular complexity index is 1050. The van der Waals surface area contributed by atoms with Gasteiger partial charge in [-0.3, -0.25) is 4.79 Å². The van der Waals surface area contributed by atoms with Gasteiger partial charge in [-0.05, 0) is 45.0 Å². The zero-order valence-corrected chi connectivity index (χ0v) is 15.9. The van der Waals surface area contributed by atoms with E-state index in [4.69, 9.17) is 9.97 Å². The van der Waals surface area contributed by atoms with Crippen LogP contribution in [0.3, 0.4) is 0 Å². The number of piperidine rings is 1. The number of carbonyl (C=O) groups excluding carboxylic acids is 1. The lowest BCUT2D eigenvalue weighted by molar-refractivity contribution is 0.0946. The van der Waals surface area contributed by atoms with Gasteiger partial charge in [-0.1, -0.05) is 12.1 Å². The summed E-state index contributed by atoms with van der Waals surface area (Å²) in [5, 5.41) is 9.88. The summed E-state index contributed by atoms with van der Waals surface area (Å²) >= 11 is 0. The number of nitrogens with zero attached hydrogens (tertiary/aromatic N) is 2. The molecule has 4 N–H and O–H groups in total. The number of fused-ring (bicyclic) bond motifs is 2. The number of amides is 1. The van der Waals surface area contributed by atoms with E-state index in [2.05, 4.69) is 20.9 Å². The standard InChI is InChI=1S/C21H24N6O/c1-12-20(25-13-5-8-22-9-6-13)27-19-14(3-2-4-17(19)24-12)18-11-15-16(26-18)7-10-23-21(15)28/h2-4,11,13,22,26H,5-10H2,1H3,(H,23,28)(H,25,27). The molecule has 0 bridgehead atoms. The van der Waals surface area contributed by atoms with Gasteiger partial charge in [-0.15, -0.1) is 0 Å². The van der Waals surface area contributed by atoms with E-state index in [-0.39, 0.29) is 5.91 Å². The fourth-order valence-corrected chi connectivity index (χ4v) is 4.12. The predicted octanol–water partition coefficient (Wildman–Crippen LogP) is 2.38. The van der Waals surface area contributed by atoms with E-state index in [1.165, 1.54) is 0 Å². The van der Waals surface area contributed by atoms with Gasteiger partial charge in [0.2, 0.25) is 0 Å². The first-order valence-electron chi connectivity index (χ1n) is 9.94. The van der Waals surface area contributed by atoms with E-state index in [1.807, 2.05) is 31.2 Å². The molecule has 2 aliphatic rings. The first-order valence-corrected chi connectivity index (χ1v) is 9.94. The van der Waals surface area contributed by atoms with Crippen LogP contribution >= 0.6 is 0 Å². The van der Waals surface area contributed by atoms with Crippen LogP contribution in [0.15, 0.2) is 24.3 Å². The second-order valence-electron chi connectivity index (χ2n) is 7.58. The van der Waals surface area contributed by atoms with Crippen molar-refractivity contribution in [1.29, 1.82) is 0 Å². The number of aryl methyl sites for hydroxylation is 1. The Morgan fingerprint density at radius 3 is 2.79 bits per heavy atom. The molecule has 144 valence electrons. The molecule has 2 aliphatic heterocycles. The van der Waals surface area contributed by atoms with Crippen LogP contribution in [-0.4, -0.2) is 46.5 Å². The minimum absolute atomic E-state index is 0.0146. The van der Waals surface area contributed by atoms with Gasteiger partial charge < -0.3 is 20.9 Å². The van der Waals surface area contributed by atoms with Gasteiger partial charge in [0.1, 0.15) is 11.3 Å². The van der Waals surface area contributed by atoms with Crippen LogP contribution in [0.5, 0.6) is 0 Å². The van der Waals surface area contributed by atoms with Crippen LogP contribution in [0, 0.1) is 6.92 Å². The van der Waals surface area contributed by atoms with Crippen LogP contribution in [0.25, 0.3) is 22.3 Å². The molecule has 0 unspecified atom stereocenters. The Balaban J connectivity index is 1.57. The number of hydrogen-bond acceptors (Lipinski definition) is 5. The normalized spacial score (nSPS) is 17.4. The zero-order valence-electron chi connectivity index (χ0n) is 15.9. The molecule has 4 heterocycles. The van der Waals surface area contributed by atoms with Crippen LogP contribution in [0.2, 0.25) is 0 Å². The lowest BCUT2D eigenvalue weighted by Gasteiger charge is -2.24. The number of para-hydroxylation sites is 1. The summed E-state index contributed by atoms with van der Waals surface area (Å²) in [5.74, 6) is 0.833. The smallest absolute Gasteiger partial charge is 0.253 e. The molecule has 28 heavy (non-hydrogen) atoms. The van der Waals surface area contributed by atoms with Crippen molar-refractivity contribution in [1.82, 2.24) is 25.6 Å². The minimum Gasteiger partial charge on any atom is -0.366 e. The van der Waals surface area contributed by atoms with Crippen molar-refractivity contribution >= 4 is 22.8 Å². The van der Waals surface area contributed by atoms with Gasteiger partial charge in [0.15, 0.2) is 0 Å². The Hall–Kier alpha value is -2.93. The molecule has 1 saturated heterocycles. The highest BCUT2D eigenvalue weighted by Crippen LogP contribution is 2.30. The maximum Gasteiger partial charge on any atom is 0.253 e. The van der Waals surface area contributed by atoms with Gasteiger partial charge >= 0.3 is 0 Å². The topological polar surface area (TPSA) is 94.7 Å². The molecule has 1 aromatic carbocycles. The number of nitrogens with one attached hydrogen (secondary N) is 4. The summed E-state index contributed by atoms with van der Waals surface area (Å²) in [5.41, 5.74) is 6.23. The third-order valence-electron chi connectivity index (χ3n) is 5.64. The lowest BCUT2D eigenvalue weighted by Crippen LogP contribution is -2.35. The molecule has 7 heteroatoms. The number of aromatic amines is 1. The average molecular weight is 376 g/mol. The average Bonchev–Trinajstić information content (AvgIpc) is 3.14. The van der Waals surface area contributed by atoms with Gasteiger partial charge in [0.05, 0.1) is 16.8 Å². The monoisotopic (exact) mass is 376 g/mol. The van der Waals surface area contributed by atoms with Crippen molar-refractivity contribution < 1.29 is 4.79 Å². The number of rotatable bonds is 3. The number of anilines is 1. The van der Waals surface area contributed by atoms with Gasteiger partial charge in [0.25, 0.3) is 5.91 Å². The SMILES string of the molecule is Cc1nc2cccc(-c3cc4c([nH]3)CCNC4=O)c2nc1NC1CCNCC1. The molecular weight excluding hydrogens is 352 g/mol. The predicted molar refractivity (Wildman–Crippen MR) is 110 cm³/mol. The van der Waals surface area contributed by atoms with Gasteiger partial charge in [-0.2, -0.15) is 0 Å². The molecule has 0 radical (unpaired) electrons. The highest BCUT2D eigenvalue weighted by atomic mass is 16.1. The van der Waals surface area contributed by atoms with E-state index in [0.717, 1.165) is 77.4 Å². The van der Waals surface area contributed by atoms with Crippen molar-refractivity contribution in [2.24, 2.45) is 0 Å². The molecule has 1 amide bonds. The van der Waals surface area contributed by atoms with Crippen LogP contribution in [-0.2, 0) is 6.42 Å². The van der Waals surface area contributed by atoms with E-state index in [1.54, 1.807) is 0 Å². The largest absolute Gasteiger partial charge is 0.366 e. The second kappa shape index (κ2) is 6.91. The summed E-state index contributed by atoms with van der Waals surface area (Å²) < 4.78 is 0. The lowest BCUT2D eigenvalue weighted by atomic mass is 10.1. The fourth-order valence-electron chi connectivity index (χ4n) is 4.12. The number of carbonyl (C=O) groups is 1. The third kappa shape index (κ3) is 3.01. The molecule has 0 saturated carbocycles. The number of aromatic nitrogens is 3. The first-order chi connectivity index (χ1) is 13.7. The summed E-state index contributed by atoms with van der Waals surface area (Å²) in [6.45, 7) is 4.73. The number of benzene rings is 1. The molecule has 1 fully saturated rings. The molecule has 5 rings (SSSR count). The summed E-state index contributed by atoms with van der Waals surface area (Å²) in [7, 11) is 0. The number of hydrogen-bond donors (Lipinski definition) is 4. The first kappa shape index (κ1) is 17.2. The van der Waals surface area contributed by atoms with Gasteiger partial charge in [-0.25, -0.2) is 9.97 Å². The fraction of sp³-hybridized carbons (Fsp3) is 0.381. The quantitative estimate of drug-likeness (QED) is 0.563. The van der Waals surface area contributed by atoms with Crippen molar-refractivity contribution in [2.45, 2.75) is 32.2 Å². The maximum atomic E-state index is 12.1. The van der Waals surface area contributed by atoms with E-state index >= 15 is 0 Å². The molecular formula is C21H24N6O.